The van der Waals surface area contributed by atoms with Gasteiger partial charge >= 0.3 is 0 Å². The molecule has 32 heavy (non-hydrogen) atoms. The Morgan fingerprint density at radius 2 is 1.91 bits per heavy atom. The third-order valence-corrected chi connectivity index (χ3v) is 6.96. The van der Waals surface area contributed by atoms with Gasteiger partial charge in [0.25, 0.3) is 0 Å². The SMILES string of the molecule is Cc1cc2nnc(SCCC(=O)Nc3nc(-c4ccccc4)cs3)n2c2c(C)cccc12. The molecule has 0 bridgehead atoms. The number of carbonyl (C=O) groups is 1. The number of aromatic nitrogens is 4. The van der Waals surface area contributed by atoms with Crippen LogP contribution in [-0.2, 0) is 4.79 Å². The van der Waals surface area contributed by atoms with E-state index in [1.54, 1.807) is 0 Å². The second kappa shape index (κ2) is 8.72. The van der Waals surface area contributed by atoms with E-state index in [1.165, 1.54) is 39.6 Å². The van der Waals surface area contributed by atoms with E-state index in [-0.39, 0.29) is 5.91 Å². The molecule has 1 N–H and O–H groups in total. The summed E-state index contributed by atoms with van der Waals surface area (Å²) in [4.78, 5) is 17.0. The molecule has 0 radical (unpaired) electrons. The largest absolute Gasteiger partial charge is 0.302 e. The van der Waals surface area contributed by atoms with Gasteiger partial charge in [0.05, 0.1) is 11.2 Å². The molecule has 8 heteroatoms. The summed E-state index contributed by atoms with van der Waals surface area (Å²) in [5.74, 6) is 0.544. The molecule has 3 heterocycles. The van der Waals surface area contributed by atoms with E-state index in [9.17, 15) is 4.79 Å². The van der Waals surface area contributed by atoms with Crippen LogP contribution in [0.5, 0.6) is 0 Å². The fraction of sp³-hybridized carbons (Fsp3) is 0.167. The first-order chi connectivity index (χ1) is 15.6. The monoisotopic (exact) mass is 459 g/mol. The number of nitrogens with one attached hydrogen (secondary N) is 1. The van der Waals surface area contributed by atoms with Crippen molar-refractivity contribution in [2.75, 3.05) is 11.1 Å². The molecule has 0 aliphatic heterocycles. The molecule has 0 atom stereocenters. The quantitative estimate of drug-likeness (QED) is 0.328. The number of thioether (sulfide) groups is 1. The number of rotatable bonds is 6. The normalized spacial score (nSPS) is 11.3. The maximum Gasteiger partial charge on any atom is 0.226 e. The van der Waals surface area contributed by atoms with Gasteiger partial charge in [0.2, 0.25) is 5.91 Å². The van der Waals surface area contributed by atoms with Gasteiger partial charge in [-0.15, -0.1) is 21.5 Å². The van der Waals surface area contributed by atoms with Gasteiger partial charge in [-0.25, -0.2) is 4.98 Å². The summed E-state index contributed by atoms with van der Waals surface area (Å²) < 4.78 is 2.09. The number of para-hydroxylation sites is 1. The number of thiazole rings is 1. The van der Waals surface area contributed by atoms with Crippen LogP contribution in [0.25, 0.3) is 27.8 Å². The van der Waals surface area contributed by atoms with Gasteiger partial charge in [-0.2, -0.15) is 0 Å². The zero-order chi connectivity index (χ0) is 22.1. The molecule has 0 spiro atoms. The number of anilines is 1. The first-order valence-corrected chi connectivity index (χ1v) is 12.1. The van der Waals surface area contributed by atoms with E-state index in [0.717, 1.165) is 27.6 Å². The van der Waals surface area contributed by atoms with E-state index in [0.29, 0.717) is 17.3 Å². The average Bonchev–Trinajstić information content (AvgIpc) is 3.42. The highest BCUT2D eigenvalue weighted by atomic mass is 32.2. The van der Waals surface area contributed by atoms with E-state index in [1.807, 2.05) is 35.7 Å². The number of nitrogens with zero attached hydrogens (tertiary/aromatic N) is 4. The van der Waals surface area contributed by atoms with Crippen molar-refractivity contribution in [3.05, 3.63) is 71.1 Å². The van der Waals surface area contributed by atoms with E-state index >= 15 is 0 Å². The molecule has 5 aromatic rings. The van der Waals surface area contributed by atoms with Crippen molar-refractivity contribution in [1.29, 1.82) is 0 Å². The highest BCUT2D eigenvalue weighted by Gasteiger charge is 2.14. The Hall–Kier alpha value is -3.23. The third kappa shape index (κ3) is 3.99. The lowest BCUT2D eigenvalue weighted by molar-refractivity contribution is -0.115. The number of amides is 1. The summed E-state index contributed by atoms with van der Waals surface area (Å²) >= 11 is 2.97. The van der Waals surface area contributed by atoms with Gasteiger partial charge in [-0.1, -0.05) is 60.3 Å². The fourth-order valence-corrected chi connectivity index (χ4v) is 5.33. The first kappa shape index (κ1) is 20.7. The molecule has 0 unspecified atom stereocenters. The minimum Gasteiger partial charge on any atom is -0.302 e. The van der Waals surface area contributed by atoms with Crippen LogP contribution in [-0.4, -0.2) is 31.2 Å². The maximum absolute atomic E-state index is 12.5. The molecule has 0 saturated heterocycles. The predicted molar refractivity (Wildman–Crippen MR) is 131 cm³/mol. The van der Waals surface area contributed by atoms with Crippen LogP contribution >= 0.6 is 23.1 Å². The molecule has 0 fully saturated rings. The third-order valence-electron chi connectivity index (χ3n) is 5.27. The molecule has 3 aromatic heterocycles. The molecule has 2 aromatic carbocycles. The van der Waals surface area contributed by atoms with E-state index < -0.39 is 0 Å². The first-order valence-electron chi connectivity index (χ1n) is 10.3. The minimum absolute atomic E-state index is 0.0582. The standard InChI is InChI=1S/C24H21N5OS2/c1-15-7-6-10-18-16(2)13-20-27-28-24(29(20)22(15)18)31-12-11-21(30)26-23-25-19(14-32-23)17-8-4-3-5-9-17/h3-10,13-14H,11-12H2,1-2H3,(H,25,26,30). The Bertz CT molecular complexity index is 1420. The molecule has 0 aliphatic rings. The zero-order valence-corrected chi connectivity index (χ0v) is 19.3. The Balaban J connectivity index is 1.27. The predicted octanol–water partition coefficient (Wildman–Crippen LogP) is 5.74. The second-order valence-electron chi connectivity index (χ2n) is 7.53. The average molecular weight is 460 g/mol. The highest BCUT2D eigenvalue weighted by molar-refractivity contribution is 7.99. The van der Waals surface area contributed by atoms with Crippen molar-refractivity contribution < 1.29 is 4.79 Å². The van der Waals surface area contributed by atoms with Gasteiger partial charge in [0, 0.05) is 28.5 Å². The second-order valence-corrected chi connectivity index (χ2v) is 9.45. The van der Waals surface area contributed by atoms with Crippen LogP contribution in [0.15, 0.2) is 65.1 Å². The van der Waals surface area contributed by atoms with Crippen molar-refractivity contribution in [2.24, 2.45) is 0 Å². The summed E-state index contributed by atoms with van der Waals surface area (Å²) in [6.07, 6.45) is 0.364. The number of hydrogen-bond acceptors (Lipinski definition) is 6. The van der Waals surface area contributed by atoms with Crippen molar-refractivity contribution in [1.82, 2.24) is 19.6 Å². The molecular formula is C24H21N5OS2. The smallest absolute Gasteiger partial charge is 0.226 e. The van der Waals surface area contributed by atoms with Crippen LogP contribution in [0, 0.1) is 13.8 Å². The number of hydrogen-bond donors (Lipinski definition) is 1. The summed E-state index contributed by atoms with van der Waals surface area (Å²) in [7, 11) is 0. The Morgan fingerprint density at radius 1 is 1.06 bits per heavy atom. The van der Waals surface area contributed by atoms with E-state index in [4.69, 9.17) is 0 Å². The number of carbonyl (C=O) groups excluding carboxylic acids is 1. The van der Waals surface area contributed by atoms with E-state index in [2.05, 4.69) is 63.0 Å². The summed E-state index contributed by atoms with van der Waals surface area (Å²) in [5, 5.41) is 16.2. The van der Waals surface area contributed by atoms with Crippen LogP contribution in [0.2, 0.25) is 0 Å². The summed E-state index contributed by atoms with van der Waals surface area (Å²) in [5.41, 5.74) is 6.21. The number of aryl methyl sites for hydroxylation is 2. The van der Waals surface area contributed by atoms with Gasteiger partial charge in [-0.05, 0) is 31.0 Å². The van der Waals surface area contributed by atoms with Crippen LogP contribution in [0.4, 0.5) is 5.13 Å². The van der Waals surface area contributed by atoms with Gasteiger partial charge in [0.1, 0.15) is 0 Å². The van der Waals surface area contributed by atoms with Gasteiger partial charge in [-0.3, -0.25) is 9.20 Å². The Kier molecular flexibility index (Phi) is 5.63. The summed E-state index contributed by atoms with van der Waals surface area (Å²) in [6, 6.07) is 18.3. The van der Waals surface area contributed by atoms with Crippen LogP contribution in [0.1, 0.15) is 17.5 Å². The van der Waals surface area contributed by atoms with Crippen molar-refractivity contribution >= 4 is 50.7 Å². The lowest BCUT2D eigenvalue weighted by atomic mass is 10.1. The van der Waals surface area contributed by atoms with Gasteiger partial charge in [0.15, 0.2) is 15.9 Å². The lowest BCUT2D eigenvalue weighted by Crippen LogP contribution is -2.12. The van der Waals surface area contributed by atoms with Gasteiger partial charge < -0.3 is 5.32 Å². The molecular weight excluding hydrogens is 438 g/mol. The maximum atomic E-state index is 12.5. The Morgan fingerprint density at radius 3 is 2.75 bits per heavy atom. The fourth-order valence-electron chi connectivity index (χ4n) is 3.71. The topological polar surface area (TPSA) is 72.2 Å². The molecule has 0 aliphatic carbocycles. The highest BCUT2D eigenvalue weighted by Crippen LogP contribution is 2.28. The number of pyridine rings is 1. The van der Waals surface area contributed by atoms with Crippen LogP contribution in [0.3, 0.4) is 0 Å². The number of fused-ring (bicyclic) bond motifs is 3. The Labute approximate surface area is 193 Å². The van der Waals surface area contributed by atoms with Crippen molar-refractivity contribution in [3.63, 3.8) is 0 Å². The molecule has 0 saturated carbocycles. The molecule has 6 nitrogen and oxygen atoms in total. The summed E-state index contributed by atoms with van der Waals surface area (Å²) in [6.45, 7) is 4.19. The van der Waals surface area contributed by atoms with Crippen molar-refractivity contribution in [2.45, 2.75) is 25.4 Å². The van der Waals surface area contributed by atoms with Crippen LogP contribution < -0.4 is 5.32 Å². The number of benzene rings is 2. The zero-order valence-electron chi connectivity index (χ0n) is 17.7. The minimum atomic E-state index is -0.0582. The molecule has 5 rings (SSSR count). The molecule has 1 amide bonds. The lowest BCUT2D eigenvalue weighted by Gasteiger charge is -2.10. The van der Waals surface area contributed by atoms with Crippen molar-refractivity contribution in [3.8, 4) is 11.3 Å². The molecule has 160 valence electrons.